The van der Waals surface area contributed by atoms with Crippen molar-refractivity contribution in [3.63, 3.8) is 0 Å². The van der Waals surface area contributed by atoms with Gasteiger partial charge in [0.1, 0.15) is 16.6 Å². The van der Waals surface area contributed by atoms with Crippen LogP contribution in [0.1, 0.15) is 84.9 Å². The van der Waals surface area contributed by atoms with Crippen LogP contribution in [-0.2, 0) is 32.2 Å². The number of piperazine rings is 1. The van der Waals surface area contributed by atoms with Crippen LogP contribution in [0.4, 0.5) is 19.5 Å². The van der Waals surface area contributed by atoms with Gasteiger partial charge in [-0.2, -0.15) is 0 Å². The second-order valence-corrected chi connectivity index (χ2v) is 14.5. The number of primary amides is 1. The molecule has 0 bridgehead atoms. The highest BCUT2D eigenvalue weighted by molar-refractivity contribution is 7.17. The van der Waals surface area contributed by atoms with Gasteiger partial charge in [-0.05, 0) is 105 Å². The van der Waals surface area contributed by atoms with Gasteiger partial charge < -0.3 is 21.7 Å². The molecule has 3 amide bonds. The lowest BCUT2D eigenvalue weighted by atomic mass is 9.95. The minimum absolute atomic E-state index is 0.00821. The molecule has 1 aliphatic carbocycles. The number of benzene rings is 3. The summed E-state index contributed by atoms with van der Waals surface area (Å²) in [6, 6.07) is 16.3. The fourth-order valence-electron chi connectivity index (χ4n) is 6.63. The van der Waals surface area contributed by atoms with Crippen LogP contribution >= 0.6 is 11.3 Å². The van der Waals surface area contributed by atoms with E-state index >= 15 is 8.78 Å². The number of hydrogen-bond donors (Lipinski definition) is 4. The van der Waals surface area contributed by atoms with Crippen LogP contribution in [0.2, 0.25) is 0 Å². The van der Waals surface area contributed by atoms with E-state index < -0.39 is 23.4 Å². The summed E-state index contributed by atoms with van der Waals surface area (Å²) < 4.78 is 30.4. The van der Waals surface area contributed by atoms with Crippen LogP contribution in [0.25, 0.3) is 0 Å². The van der Waals surface area contributed by atoms with E-state index in [1.165, 1.54) is 11.3 Å². The van der Waals surface area contributed by atoms with E-state index in [1.54, 1.807) is 30.3 Å². The maximum absolute atomic E-state index is 15.2. The van der Waals surface area contributed by atoms with Gasteiger partial charge in [-0.3, -0.25) is 19.3 Å². The number of carbonyl (C=O) groups is 3. The number of halogens is 2. The number of nitrogens with zero attached hydrogens (tertiary/aromatic N) is 1. The first-order chi connectivity index (χ1) is 23.5. The van der Waals surface area contributed by atoms with Gasteiger partial charge in [-0.1, -0.05) is 24.3 Å². The number of amides is 3. The number of nitrogens with one attached hydrogen (secondary N) is 3. The Morgan fingerprint density at radius 3 is 2.35 bits per heavy atom. The zero-order valence-electron chi connectivity index (χ0n) is 27.8. The summed E-state index contributed by atoms with van der Waals surface area (Å²) in [5, 5.41) is 9.55. The molecule has 49 heavy (non-hydrogen) atoms. The number of thiophene rings is 1. The van der Waals surface area contributed by atoms with Crippen molar-refractivity contribution in [3.05, 3.63) is 116 Å². The van der Waals surface area contributed by atoms with Gasteiger partial charge in [0.25, 0.3) is 11.8 Å². The molecule has 1 fully saturated rings. The Morgan fingerprint density at radius 2 is 1.63 bits per heavy atom. The number of fused-ring (bicyclic) bond motifs is 1. The van der Waals surface area contributed by atoms with E-state index in [-0.39, 0.29) is 29.1 Å². The van der Waals surface area contributed by atoms with Gasteiger partial charge >= 0.3 is 0 Å². The molecule has 0 atom stereocenters. The maximum atomic E-state index is 15.2. The molecule has 2 heterocycles. The summed E-state index contributed by atoms with van der Waals surface area (Å²) in [7, 11) is 0. The average Bonchev–Trinajstić information content (AvgIpc) is 3.43. The molecule has 5 N–H and O–H groups in total. The minimum Gasteiger partial charge on any atom is -0.366 e. The van der Waals surface area contributed by atoms with Crippen molar-refractivity contribution in [1.82, 2.24) is 10.2 Å². The summed E-state index contributed by atoms with van der Waals surface area (Å²) in [6.45, 7) is 7.83. The molecule has 1 aliphatic heterocycles. The Morgan fingerprint density at radius 1 is 0.898 bits per heavy atom. The number of anilines is 2. The molecule has 11 heteroatoms. The lowest BCUT2D eigenvalue weighted by Crippen LogP contribution is -2.57. The SMILES string of the molecule is CC1(C)CNCCN1Cc1cccc(C(=O)Nc2sc3c(c2C(=O)Nc2cc(F)c(CCc4ccc(C(N)=O)cc4)c(F)c2)CCCC3)c1. The molecule has 2 aliphatic rings. The highest BCUT2D eigenvalue weighted by atomic mass is 32.1. The molecule has 0 saturated carbocycles. The predicted octanol–water partition coefficient (Wildman–Crippen LogP) is 6.48. The van der Waals surface area contributed by atoms with Gasteiger partial charge in [0, 0.05) is 59.0 Å². The van der Waals surface area contributed by atoms with Crippen LogP contribution in [-0.4, -0.2) is 47.8 Å². The Balaban J connectivity index is 1.17. The van der Waals surface area contributed by atoms with Crippen LogP contribution in [0.5, 0.6) is 0 Å². The van der Waals surface area contributed by atoms with E-state index in [4.69, 9.17) is 5.73 Å². The summed E-state index contributed by atoms with van der Waals surface area (Å²) in [5.41, 5.74) is 9.06. The number of rotatable bonds is 10. The average molecular weight is 686 g/mol. The van der Waals surface area contributed by atoms with Crippen molar-refractivity contribution in [2.45, 2.75) is 64.5 Å². The molecule has 1 saturated heterocycles. The first-order valence-electron chi connectivity index (χ1n) is 16.7. The van der Waals surface area contributed by atoms with E-state index in [9.17, 15) is 14.4 Å². The zero-order chi connectivity index (χ0) is 34.7. The van der Waals surface area contributed by atoms with Crippen molar-refractivity contribution in [3.8, 4) is 0 Å². The monoisotopic (exact) mass is 685 g/mol. The van der Waals surface area contributed by atoms with E-state index in [1.807, 2.05) is 18.2 Å². The molecular weight excluding hydrogens is 645 g/mol. The van der Waals surface area contributed by atoms with Crippen LogP contribution in [0.3, 0.4) is 0 Å². The first kappa shape index (κ1) is 34.4. The van der Waals surface area contributed by atoms with Gasteiger partial charge in [0.05, 0.1) is 5.56 Å². The molecule has 1 aromatic heterocycles. The van der Waals surface area contributed by atoms with Crippen molar-refractivity contribution in [2.24, 2.45) is 5.73 Å². The topological polar surface area (TPSA) is 117 Å². The summed E-state index contributed by atoms with van der Waals surface area (Å²) in [6.07, 6.45) is 3.81. The molecule has 256 valence electrons. The Kier molecular flexibility index (Phi) is 10.2. The van der Waals surface area contributed by atoms with Crippen molar-refractivity contribution < 1.29 is 23.2 Å². The highest BCUT2D eigenvalue weighted by Crippen LogP contribution is 2.39. The Bertz CT molecular complexity index is 1870. The summed E-state index contributed by atoms with van der Waals surface area (Å²) in [5.74, 6) is -2.93. The van der Waals surface area contributed by atoms with Crippen molar-refractivity contribution >= 4 is 39.7 Å². The van der Waals surface area contributed by atoms with Gasteiger partial charge in [0.15, 0.2) is 0 Å². The standard InChI is InChI=1S/C38H41F2N5O3S/c1-38(2)22-42-16-17-45(38)21-24-6-5-7-26(18-24)35(47)44-37-33(29-8-3-4-9-32(29)49-37)36(48)43-27-19-30(39)28(31(40)20-27)15-12-23-10-13-25(14-11-23)34(41)46/h5-7,10-11,13-14,18-20,42H,3-4,8-9,12,15-17,21-22H2,1-2H3,(H2,41,46)(H,43,48)(H,44,47). The smallest absolute Gasteiger partial charge is 0.258 e. The van der Waals surface area contributed by atoms with Gasteiger partial charge in [0.2, 0.25) is 5.91 Å². The molecule has 0 unspecified atom stereocenters. The summed E-state index contributed by atoms with van der Waals surface area (Å²) in [4.78, 5) is 42.1. The zero-order valence-corrected chi connectivity index (χ0v) is 28.6. The molecule has 4 aromatic rings. The van der Waals surface area contributed by atoms with Crippen LogP contribution < -0.4 is 21.7 Å². The van der Waals surface area contributed by atoms with Crippen molar-refractivity contribution in [1.29, 1.82) is 0 Å². The van der Waals surface area contributed by atoms with E-state index in [0.29, 0.717) is 41.1 Å². The Hall–Kier alpha value is -4.45. The number of aryl methyl sites for hydroxylation is 2. The number of hydrogen-bond acceptors (Lipinski definition) is 6. The largest absolute Gasteiger partial charge is 0.366 e. The second-order valence-electron chi connectivity index (χ2n) is 13.4. The fourth-order valence-corrected chi connectivity index (χ4v) is 7.91. The maximum Gasteiger partial charge on any atom is 0.258 e. The number of nitrogens with two attached hydrogens (primary N) is 1. The second kappa shape index (κ2) is 14.6. The lowest BCUT2D eigenvalue weighted by molar-refractivity contribution is 0.0827. The number of carbonyl (C=O) groups excluding carboxylic acids is 3. The summed E-state index contributed by atoms with van der Waals surface area (Å²) >= 11 is 1.39. The van der Waals surface area contributed by atoms with E-state index in [2.05, 4.69) is 34.7 Å². The molecule has 0 spiro atoms. The Labute approximate surface area is 289 Å². The molecule has 3 aromatic carbocycles. The minimum atomic E-state index is -0.769. The molecule has 0 radical (unpaired) electrons. The third-order valence-electron chi connectivity index (χ3n) is 9.46. The lowest BCUT2D eigenvalue weighted by Gasteiger charge is -2.43. The third kappa shape index (κ3) is 7.90. The molecule has 6 rings (SSSR count). The van der Waals surface area contributed by atoms with E-state index in [0.717, 1.165) is 72.6 Å². The first-order valence-corrected chi connectivity index (χ1v) is 17.5. The van der Waals surface area contributed by atoms with Crippen LogP contribution in [0.15, 0.2) is 60.7 Å². The van der Waals surface area contributed by atoms with Gasteiger partial charge in [-0.25, -0.2) is 8.78 Å². The predicted molar refractivity (Wildman–Crippen MR) is 189 cm³/mol. The third-order valence-corrected chi connectivity index (χ3v) is 10.7. The van der Waals surface area contributed by atoms with Gasteiger partial charge in [-0.15, -0.1) is 11.3 Å². The van der Waals surface area contributed by atoms with Crippen LogP contribution in [0, 0.1) is 11.6 Å². The fraction of sp³-hybridized carbons (Fsp3) is 0.342. The van der Waals surface area contributed by atoms with Crippen molar-refractivity contribution in [2.75, 3.05) is 30.3 Å². The molecular formula is C38H41F2N5O3S. The highest BCUT2D eigenvalue weighted by Gasteiger charge is 2.30. The quantitative estimate of drug-likeness (QED) is 0.153. The molecule has 8 nitrogen and oxygen atoms in total. The normalized spacial score (nSPS) is 15.8.